The maximum absolute atomic E-state index is 12.2. The van der Waals surface area contributed by atoms with Crippen LogP contribution in [0.25, 0.3) is 0 Å². The number of hydrogen-bond donors (Lipinski definition) is 0. The first-order chi connectivity index (χ1) is 6.45. The predicted octanol–water partition coefficient (Wildman–Crippen LogP) is 3.36. The molecule has 0 atom stereocenters. The Morgan fingerprint density at radius 2 is 2.14 bits per heavy atom. The quantitative estimate of drug-likeness (QED) is 0.773. The van der Waals surface area contributed by atoms with Gasteiger partial charge in [0.2, 0.25) is 0 Å². The molecule has 1 heterocycles. The maximum atomic E-state index is 12.2. The first-order valence-corrected chi connectivity index (χ1v) is 4.63. The van der Waals surface area contributed by atoms with Gasteiger partial charge in [-0.15, -0.1) is 0 Å². The number of hydrogen-bond acceptors (Lipinski definition) is 1. The molecule has 1 aromatic rings. The number of aromatic nitrogens is 2. The van der Waals surface area contributed by atoms with Crippen molar-refractivity contribution < 1.29 is 13.2 Å². The van der Waals surface area contributed by atoms with Gasteiger partial charge in [0.25, 0.3) is 0 Å². The first-order valence-electron chi connectivity index (χ1n) is 4.25. The van der Waals surface area contributed by atoms with Crippen molar-refractivity contribution >= 4 is 11.6 Å². The largest absolute Gasteiger partial charge is 0.436 e. The second kappa shape index (κ2) is 4.21. The van der Waals surface area contributed by atoms with Gasteiger partial charge in [0.05, 0.1) is 5.02 Å². The van der Waals surface area contributed by atoms with Crippen molar-refractivity contribution in [3.63, 3.8) is 0 Å². The normalized spacial score (nSPS) is 12.1. The molecule has 0 aromatic carbocycles. The lowest BCUT2D eigenvalue weighted by Crippen LogP contribution is -2.08. The van der Waals surface area contributed by atoms with E-state index < -0.39 is 11.9 Å². The third-order valence-electron chi connectivity index (χ3n) is 1.73. The van der Waals surface area contributed by atoms with E-state index in [1.807, 2.05) is 6.92 Å². The molecule has 6 heteroatoms. The third kappa shape index (κ3) is 2.64. The fraction of sp³-hybridized carbons (Fsp3) is 0.625. The van der Waals surface area contributed by atoms with Gasteiger partial charge < -0.3 is 0 Å². The minimum atomic E-state index is -4.46. The molecule has 0 fully saturated rings. The zero-order valence-corrected chi connectivity index (χ0v) is 8.36. The first kappa shape index (κ1) is 11.4. The van der Waals surface area contributed by atoms with Crippen molar-refractivity contribution in [1.82, 2.24) is 9.78 Å². The van der Waals surface area contributed by atoms with Crippen LogP contribution in [0.3, 0.4) is 0 Å². The van der Waals surface area contributed by atoms with Crippen LogP contribution in [0.5, 0.6) is 0 Å². The van der Waals surface area contributed by atoms with Gasteiger partial charge >= 0.3 is 6.18 Å². The summed E-state index contributed by atoms with van der Waals surface area (Å²) in [7, 11) is 0. The van der Waals surface area contributed by atoms with Crippen molar-refractivity contribution in [2.24, 2.45) is 0 Å². The lowest BCUT2D eigenvalue weighted by Gasteiger charge is -2.02. The fourth-order valence-electron chi connectivity index (χ4n) is 1.02. The van der Waals surface area contributed by atoms with Gasteiger partial charge in [-0.25, -0.2) is 0 Å². The van der Waals surface area contributed by atoms with Crippen molar-refractivity contribution in [3.05, 3.63) is 16.9 Å². The van der Waals surface area contributed by atoms with Crippen LogP contribution in [0.4, 0.5) is 13.2 Å². The van der Waals surface area contributed by atoms with E-state index in [0.29, 0.717) is 6.54 Å². The Morgan fingerprint density at radius 3 is 2.57 bits per heavy atom. The van der Waals surface area contributed by atoms with Crippen molar-refractivity contribution in [2.75, 3.05) is 0 Å². The van der Waals surface area contributed by atoms with Crippen LogP contribution in [-0.2, 0) is 12.7 Å². The average molecular weight is 227 g/mol. The zero-order chi connectivity index (χ0) is 10.8. The molecule has 80 valence electrons. The van der Waals surface area contributed by atoms with Gasteiger partial charge in [-0.3, -0.25) is 4.68 Å². The molecule has 0 unspecified atom stereocenters. The summed E-state index contributed by atoms with van der Waals surface area (Å²) >= 11 is 5.41. The smallest absolute Gasteiger partial charge is 0.271 e. The fourth-order valence-corrected chi connectivity index (χ4v) is 1.28. The van der Waals surface area contributed by atoms with Crippen LogP contribution in [0.15, 0.2) is 6.20 Å². The van der Waals surface area contributed by atoms with Gasteiger partial charge in [-0.2, -0.15) is 18.3 Å². The molecule has 0 spiro atoms. The lowest BCUT2D eigenvalue weighted by molar-refractivity contribution is -0.141. The molecular formula is C8H10ClF3N2. The van der Waals surface area contributed by atoms with Gasteiger partial charge in [0, 0.05) is 12.7 Å². The Balaban J connectivity index is 2.83. The predicted molar refractivity (Wildman–Crippen MR) is 47.1 cm³/mol. The number of nitrogens with zero attached hydrogens (tertiary/aromatic N) is 2. The summed E-state index contributed by atoms with van der Waals surface area (Å²) in [6.07, 6.45) is -1.57. The summed E-state index contributed by atoms with van der Waals surface area (Å²) < 4.78 is 37.9. The molecule has 0 saturated carbocycles. The van der Waals surface area contributed by atoms with Gasteiger partial charge in [-0.05, 0) is 6.42 Å². The Labute approximate surface area is 84.7 Å². The van der Waals surface area contributed by atoms with E-state index >= 15 is 0 Å². The maximum Gasteiger partial charge on any atom is 0.436 e. The van der Waals surface area contributed by atoms with E-state index in [-0.39, 0.29) is 5.02 Å². The van der Waals surface area contributed by atoms with Crippen molar-refractivity contribution in [3.8, 4) is 0 Å². The molecule has 1 aromatic heterocycles. The summed E-state index contributed by atoms with van der Waals surface area (Å²) in [5.74, 6) is 0. The summed E-state index contributed by atoms with van der Waals surface area (Å²) in [6.45, 7) is 2.42. The van der Waals surface area contributed by atoms with Crippen LogP contribution in [0.2, 0.25) is 5.02 Å². The van der Waals surface area contributed by atoms with E-state index in [0.717, 1.165) is 12.8 Å². The van der Waals surface area contributed by atoms with Gasteiger partial charge in [0.15, 0.2) is 5.69 Å². The highest BCUT2D eigenvalue weighted by molar-refractivity contribution is 6.31. The topological polar surface area (TPSA) is 17.8 Å². The van der Waals surface area contributed by atoms with Gasteiger partial charge in [0.1, 0.15) is 0 Å². The third-order valence-corrected chi connectivity index (χ3v) is 2.00. The van der Waals surface area contributed by atoms with Crippen LogP contribution < -0.4 is 0 Å². The van der Waals surface area contributed by atoms with Crippen molar-refractivity contribution in [2.45, 2.75) is 32.5 Å². The van der Waals surface area contributed by atoms with E-state index in [1.165, 1.54) is 10.9 Å². The Kier molecular flexibility index (Phi) is 3.42. The molecular weight excluding hydrogens is 217 g/mol. The highest BCUT2D eigenvalue weighted by Gasteiger charge is 2.36. The van der Waals surface area contributed by atoms with Crippen molar-refractivity contribution in [1.29, 1.82) is 0 Å². The highest BCUT2D eigenvalue weighted by atomic mass is 35.5. The van der Waals surface area contributed by atoms with Crippen LogP contribution >= 0.6 is 11.6 Å². The molecule has 2 nitrogen and oxygen atoms in total. The molecule has 1 rings (SSSR count). The van der Waals surface area contributed by atoms with E-state index in [2.05, 4.69) is 5.10 Å². The zero-order valence-electron chi connectivity index (χ0n) is 7.60. The summed E-state index contributed by atoms with van der Waals surface area (Å²) in [4.78, 5) is 0. The summed E-state index contributed by atoms with van der Waals surface area (Å²) in [6, 6.07) is 0. The van der Waals surface area contributed by atoms with Crippen LogP contribution in [0, 0.1) is 0 Å². The van der Waals surface area contributed by atoms with Gasteiger partial charge in [-0.1, -0.05) is 24.9 Å². The Bertz CT molecular complexity index is 306. The highest BCUT2D eigenvalue weighted by Crippen LogP contribution is 2.33. The van der Waals surface area contributed by atoms with E-state index in [9.17, 15) is 13.2 Å². The standard InChI is InChI=1S/C8H10ClF3N2/c1-2-3-4-14-5-6(9)7(13-14)8(10,11)12/h5H,2-4H2,1H3. The molecule has 0 aliphatic rings. The number of halogens is 4. The molecule has 0 amide bonds. The number of aryl methyl sites for hydroxylation is 1. The summed E-state index contributed by atoms with van der Waals surface area (Å²) in [5.41, 5.74) is -1.00. The SMILES string of the molecule is CCCCn1cc(Cl)c(C(F)(F)F)n1. The molecule has 0 aliphatic heterocycles. The average Bonchev–Trinajstić information content (AvgIpc) is 2.42. The molecule has 0 aliphatic carbocycles. The van der Waals surface area contributed by atoms with Crippen LogP contribution in [-0.4, -0.2) is 9.78 Å². The summed E-state index contributed by atoms with van der Waals surface area (Å²) in [5, 5.41) is 3.04. The molecule has 0 bridgehead atoms. The number of alkyl halides is 3. The second-order valence-corrected chi connectivity index (χ2v) is 3.35. The number of unbranched alkanes of at least 4 members (excludes halogenated alkanes) is 1. The Hall–Kier alpha value is -0.710. The van der Waals surface area contributed by atoms with E-state index in [1.54, 1.807) is 0 Å². The Morgan fingerprint density at radius 1 is 1.50 bits per heavy atom. The minimum absolute atomic E-state index is 0.339. The lowest BCUT2D eigenvalue weighted by atomic mass is 10.3. The minimum Gasteiger partial charge on any atom is -0.271 e. The molecule has 14 heavy (non-hydrogen) atoms. The molecule has 0 radical (unpaired) electrons. The number of rotatable bonds is 3. The van der Waals surface area contributed by atoms with Crippen LogP contribution in [0.1, 0.15) is 25.5 Å². The molecule has 0 saturated heterocycles. The second-order valence-electron chi connectivity index (χ2n) is 2.94. The molecule has 0 N–H and O–H groups in total. The monoisotopic (exact) mass is 226 g/mol. The van der Waals surface area contributed by atoms with E-state index in [4.69, 9.17) is 11.6 Å².